The number of thiazole rings is 1. The van der Waals surface area contributed by atoms with Gasteiger partial charge in [-0.2, -0.15) is 4.99 Å². The first kappa shape index (κ1) is 15.6. The second-order valence-corrected chi connectivity index (χ2v) is 5.91. The highest BCUT2D eigenvalue weighted by molar-refractivity contribution is 7.16. The number of nitrogens with zero attached hydrogens (tertiary/aromatic N) is 2. The van der Waals surface area contributed by atoms with Gasteiger partial charge in [0.2, 0.25) is 0 Å². The van der Waals surface area contributed by atoms with Crippen LogP contribution in [0, 0.1) is 5.82 Å². The topological polar surface area (TPSA) is 43.6 Å². The number of ether oxygens (including phenoxy) is 1. The molecule has 1 aromatic heterocycles. The summed E-state index contributed by atoms with van der Waals surface area (Å²) >= 11 is 1.29. The summed E-state index contributed by atoms with van der Waals surface area (Å²) in [6, 6.07) is 13.7. The molecule has 3 aromatic rings. The molecule has 0 bridgehead atoms. The minimum absolute atomic E-state index is 0.330. The quantitative estimate of drug-likeness (QED) is 0.737. The van der Waals surface area contributed by atoms with Crippen LogP contribution >= 0.6 is 11.3 Å². The van der Waals surface area contributed by atoms with Gasteiger partial charge in [0.1, 0.15) is 5.82 Å². The smallest absolute Gasteiger partial charge is 0.279 e. The van der Waals surface area contributed by atoms with Gasteiger partial charge in [0.05, 0.1) is 16.8 Å². The van der Waals surface area contributed by atoms with Gasteiger partial charge < -0.3 is 9.30 Å². The lowest BCUT2D eigenvalue weighted by Gasteiger charge is -2.04. The van der Waals surface area contributed by atoms with Crippen molar-refractivity contribution in [3.05, 3.63) is 64.7 Å². The molecule has 0 aliphatic rings. The predicted octanol–water partition coefficient (Wildman–Crippen LogP) is 3.23. The number of carbonyl (C=O) groups is 1. The van der Waals surface area contributed by atoms with Crippen molar-refractivity contribution in [1.82, 2.24) is 4.57 Å². The summed E-state index contributed by atoms with van der Waals surface area (Å²) in [4.78, 5) is 17.0. The molecule has 118 valence electrons. The zero-order chi connectivity index (χ0) is 16.2. The van der Waals surface area contributed by atoms with E-state index in [1.165, 1.54) is 17.4 Å². The van der Waals surface area contributed by atoms with E-state index in [0.717, 1.165) is 4.70 Å². The van der Waals surface area contributed by atoms with Gasteiger partial charge in [0.15, 0.2) is 4.80 Å². The molecule has 0 spiro atoms. The van der Waals surface area contributed by atoms with Crippen molar-refractivity contribution in [2.75, 3.05) is 13.7 Å². The van der Waals surface area contributed by atoms with Crippen molar-refractivity contribution in [2.45, 2.75) is 6.54 Å². The lowest BCUT2D eigenvalue weighted by Crippen LogP contribution is -2.19. The molecule has 0 saturated heterocycles. The van der Waals surface area contributed by atoms with Crippen molar-refractivity contribution in [1.29, 1.82) is 0 Å². The highest BCUT2D eigenvalue weighted by atomic mass is 32.1. The molecule has 1 heterocycles. The van der Waals surface area contributed by atoms with Crippen LogP contribution in [0.15, 0.2) is 53.5 Å². The minimum atomic E-state index is -0.344. The first-order chi connectivity index (χ1) is 11.2. The first-order valence-corrected chi connectivity index (χ1v) is 7.93. The maximum Gasteiger partial charge on any atom is 0.279 e. The Morgan fingerprint density at radius 3 is 2.74 bits per heavy atom. The Bertz CT molecular complexity index is 900. The van der Waals surface area contributed by atoms with Gasteiger partial charge in [-0.25, -0.2) is 4.39 Å². The Hall–Kier alpha value is -2.31. The maximum atomic E-state index is 14.2. The number of benzene rings is 2. The largest absolute Gasteiger partial charge is 0.383 e. The Balaban J connectivity index is 2.14. The van der Waals surface area contributed by atoms with Gasteiger partial charge in [-0.05, 0) is 24.3 Å². The predicted molar refractivity (Wildman–Crippen MR) is 88.0 cm³/mol. The highest BCUT2D eigenvalue weighted by Gasteiger charge is 2.12. The Labute approximate surface area is 136 Å². The fourth-order valence-electron chi connectivity index (χ4n) is 2.29. The lowest BCUT2D eigenvalue weighted by atomic mass is 10.2. The van der Waals surface area contributed by atoms with E-state index in [2.05, 4.69) is 4.99 Å². The van der Waals surface area contributed by atoms with E-state index in [1.807, 2.05) is 12.1 Å². The van der Waals surface area contributed by atoms with E-state index >= 15 is 0 Å². The van der Waals surface area contributed by atoms with Crippen molar-refractivity contribution < 1.29 is 13.9 Å². The molecule has 0 saturated carbocycles. The Morgan fingerprint density at radius 2 is 2.00 bits per heavy atom. The summed E-state index contributed by atoms with van der Waals surface area (Å²) in [5.41, 5.74) is 0.956. The summed E-state index contributed by atoms with van der Waals surface area (Å²) in [5, 5.41) is 0. The Morgan fingerprint density at radius 1 is 1.22 bits per heavy atom. The Kier molecular flexibility index (Phi) is 4.64. The number of halogens is 1. The van der Waals surface area contributed by atoms with E-state index < -0.39 is 0 Å². The van der Waals surface area contributed by atoms with Crippen LogP contribution in [0.2, 0.25) is 0 Å². The van der Waals surface area contributed by atoms with Crippen LogP contribution < -0.4 is 4.80 Å². The van der Waals surface area contributed by atoms with Crippen LogP contribution in [-0.4, -0.2) is 24.2 Å². The number of hydrogen-bond donors (Lipinski definition) is 0. The van der Waals surface area contributed by atoms with E-state index in [1.54, 1.807) is 42.0 Å². The zero-order valence-corrected chi connectivity index (χ0v) is 13.3. The molecule has 3 rings (SSSR count). The fraction of sp³-hybridized carbons (Fsp3) is 0.176. The number of amides is 1. The number of para-hydroxylation sites is 1. The standard InChI is InChI=1S/C17H15FN2O2S/c1-22-11-10-20-15-13(18)8-5-9-14(15)23-17(20)19-16(21)12-6-3-2-4-7-12/h2-9H,10-11H2,1H3. The maximum absolute atomic E-state index is 14.2. The highest BCUT2D eigenvalue weighted by Crippen LogP contribution is 2.20. The lowest BCUT2D eigenvalue weighted by molar-refractivity contribution is 0.0997. The van der Waals surface area contributed by atoms with Gasteiger partial charge in [-0.3, -0.25) is 4.79 Å². The number of carbonyl (C=O) groups excluding carboxylic acids is 1. The average Bonchev–Trinajstić information content (AvgIpc) is 2.92. The molecule has 0 radical (unpaired) electrons. The van der Waals surface area contributed by atoms with Gasteiger partial charge in [0.25, 0.3) is 5.91 Å². The molecule has 6 heteroatoms. The molecule has 0 atom stereocenters. The summed E-state index contributed by atoms with van der Waals surface area (Å²) in [6.45, 7) is 0.839. The normalized spacial score (nSPS) is 12.0. The van der Waals surface area contributed by atoms with Crippen molar-refractivity contribution in [2.24, 2.45) is 4.99 Å². The molecule has 0 N–H and O–H groups in total. The van der Waals surface area contributed by atoms with Gasteiger partial charge >= 0.3 is 0 Å². The number of methoxy groups -OCH3 is 1. The van der Waals surface area contributed by atoms with Crippen LogP contribution in [0.3, 0.4) is 0 Å². The zero-order valence-electron chi connectivity index (χ0n) is 12.5. The molecular formula is C17H15FN2O2S. The molecule has 0 fully saturated rings. The van der Waals surface area contributed by atoms with E-state index in [4.69, 9.17) is 4.74 Å². The molecule has 0 aliphatic carbocycles. The van der Waals surface area contributed by atoms with Crippen molar-refractivity contribution in [3.8, 4) is 0 Å². The SMILES string of the molecule is COCCn1c(=NC(=O)c2ccccc2)sc2cccc(F)c21. The number of fused-ring (bicyclic) bond motifs is 1. The van der Waals surface area contributed by atoms with Crippen LogP contribution in [0.25, 0.3) is 10.2 Å². The average molecular weight is 330 g/mol. The van der Waals surface area contributed by atoms with Gasteiger partial charge in [-0.15, -0.1) is 0 Å². The van der Waals surface area contributed by atoms with Gasteiger partial charge in [-0.1, -0.05) is 35.6 Å². The second kappa shape index (κ2) is 6.85. The van der Waals surface area contributed by atoms with E-state index in [9.17, 15) is 9.18 Å². The number of aromatic nitrogens is 1. The molecule has 1 amide bonds. The second-order valence-electron chi connectivity index (χ2n) is 4.90. The van der Waals surface area contributed by atoms with Crippen LogP contribution in [0.1, 0.15) is 10.4 Å². The van der Waals surface area contributed by atoms with E-state index in [0.29, 0.717) is 29.0 Å². The fourth-order valence-corrected chi connectivity index (χ4v) is 3.36. The van der Waals surface area contributed by atoms with Crippen LogP contribution in [0.4, 0.5) is 4.39 Å². The summed E-state index contributed by atoms with van der Waals surface area (Å²) < 4.78 is 21.7. The third-order valence-corrected chi connectivity index (χ3v) is 4.43. The molecule has 0 unspecified atom stereocenters. The molecule has 23 heavy (non-hydrogen) atoms. The monoisotopic (exact) mass is 330 g/mol. The van der Waals surface area contributed by atoms with Crippen molar-refractivity contribution in [3.63, 3.8) is 0 Å². The number of hydrogen-bond acceptors (Lipinski definition) is 3. The molecular weight excluding hydrogens is 315 g/mol. The number of rotatable bonds is 4. The summed E-state index contributed by atoms with van der Waals surface area (Å²) in [6.07, 6.45) is 0. The summed E-state index contributed by atoms with van der Waals surface area (Å²) in [5.74, 6) is -0.674. The van der Waals surface area contributed by atoms with Crippen LogP contribution in [-0.2, 0) is 11.3 Å². The molecule has 2 aromatic carbocycles. The minimum Gasteiger partial charge on any atom is -0.383 e. The first-order valence-electron chi connectivity index (χ1n) is 7.11. The van der Waals surface area contributed by atoms with Crippen LogP contribution in [0.5, 0.6) is 0 Å². The van der Waals surface area contributed by atoms with Crippen molar-refractivity contribution >= 4 is 27.5 Å². The summed E-state index contributed by atoms with van der Waals surface area (Å²) in [7, 11) is 1.58. The third-order valence-electron chi connectivity index (χ3n) is 3.39. The molecule has 0 aliphatic heterocycles. The van der Waals surface area contributed by atoms with Gasteiger partial charge in [0, 0.05) is 19.2 Å². The third kappa shape index (κ3) is 3.23. The van der Waals surface area contributed by atoms with E-state index in [-0.39, 0.29) is 11.7 Å². The molecule has 4 nitrogen and oxygen atoms in total.